The number of aliphatic carboxylic acids is 1. The first kappa shape index (κ1) is 29.2. The van der Waals surface area contributed by atoms with Crippen molar-refractivity contribution >= 4 is 11.9 Å². The molecule has 2 aliphatic rings. The van der Waals surface area contributed by atoms with Crippen LogP contribution in [0.5, 0.6) is 0 Å². The van der Waals surface area contributed by atoms with Crippen LogP contribution in [0.25, 0.3) is 11.1 Å². The van der Waals surface area contributed by atoms with Gasteiger partial charge in [0.25, 0.3) is 0 Å². The molecule has 5 rings (SSSR count). The van der Waals surface area contributed by atoms with Gasteiger partial charge >= 0.3 is 12.1 Å². The van der Waals surface area contributed by atoms with Crippen molar-refractivity contribution in [1.29, 1.82) is 0 Å². The number of nitrogens with two attached hydrogens (primary N) is 1. The van der Waals surface area contributed by atoms with E-state index in [1.54, 1.807) is 6.33 Å². The van der Waals surface area contributed by atoms with E-state index in [0.29, 0.717) is 23.4 Å². The smallest absolute Gasteiger partial charge is 0.475 e. The molecule has 2 fully saturated rings. The third-order valence-corrected chi connectivity index (χ3v) is 7.32. The second-order valence-corrected chi connectivity index (χ2v) is 10.1. The highest BCUT2D eigenvalue weighted by Crippen LogP contribution is 2.41. The van der Waals surface area contributed by atoms with E-state index < -0.39 is 12.1 Å². The van der Waals surface area contributed by atoms with Gasteiger partial charge in [-0.1, -0.05) is 42.5 Å². The van der Waals surface area contributed by atoms with Gasteiger partial charge in [0.1, 0.15) is 6.33 Å². The normalized spacial score (nSPS) is 19.4. The van der Waals surface area contributed by atoms with E-state index in [2.05, 4.69) is 44.5 Å². The Labute approximate surface area is 230 Å². The van der Waals surface area contributed by atoms with Gasteiger partial charge in [-0.3, -0.25) is 9.69 Å². The van der Waals surface area contributed by atoms with Crippen molar-refractivity contribution in [2.75, 3.05) is 19.6 Å². The number of primary amides is 1. The molecule has 2 unspecified atom stereocenters. The maximum Gasteiger partial charge on any atom is 0.490 e. The number of aromatic nitrogens is 2. The second-order valence-electron chi connectivity index (χ2n) is 10.1. The second kappa shape index (κ2) is 13.0. The largest absolute Gasteiger partial charge is 0.490 e. The van der Waals surface area contributed by atoms with E-state index in [9.17, 15) is 18.0 Å². The minimum absolute atomic E-state index is 0.340. The monoisotopic (exact) mass is 555 g/mol. The summed E-state index contributed by atoms with van der Waals surface area (Å²) in [6.45, 7) is 4.03. The van der Waals surface area contributed by atoms with Crippen molar-refractivity contribution in [3.8, 4) is 11.1 Å². The van der Waals surface area contributed by atoms with Crippen molar-refractivity contribution in [3.63, 3.8) is 0 Å². The number of carbonyl (C=O) groups is 2. The van der Waals surface area contributed by atoms with Crippen molar-refractivity contribution in [3.05, 3.63) is 83.9 Å². The van der Waals surface area contributed by atoms with E-state index in [1.165, 1.54) is 24.8 Å². The Morgan fingerprint density at radius 1 is 1.00 bits per heavy atom. The van der Waals surface area contributed by atoms with Gasteiger partial charge in [0.15, 0.2) is 0 Å². The summed E-state index contributed by atoms with van der Waals surface area (Å²) in [5.41, 5.74) is 10.8. The number of rotatable bonds is 8. The zero-order chi connectivity index (χ0) is 28.7. The average molecular weight is 556 g/mol. The molecule has 2 atom stereocenters. The fourth-order valence-electron chi connectivity index (χ4n) is 4.97. The highest BCUT2D eigenvalue weighted by molar-refractivity contribution is 5.94. The van der Waals surface area contributed by atoms with Gasteiger partial charge in [0.05, 0.1) is 0 Å². The number of nitrogens with zero attached hydrogens (tertiary/aromatic N) is 3. The fourth-order valence-corrected chi connectivity index (χ4v) is 4.97. The molecule has 0 spiro atoms. The molecule has 4 N–H and O–H groups in total. The summed E-state index contributed by atoms with van der Waals surface area (Å²) in [6.07, 6.45) is 3.78. The van der Waals surface area contributed by atoms with E-state index in [0.717, 1.165) is 42.9 Å². The van der Waals surface area contributed by atoms with Gasteiger partial charge in [-0.15, -0.1) is 0 Å². The van der Waals surface area contributed by atoms with Crippen LogP contribution in [0, 0.1) is 5.92 Å². The number of hydrogen-bond donors (Lipinski definition) is 3. The summed E-state index contributed by atoms with van der Waals surface area (Å²) >= 11 is 0. The summed E-state index contributed by atoms with van der Waals surface area (Å²) in [6, 6.07) is 17.1. The molecule has 212 valence electrons. The van der Waals surface area contributed by atoms with Crippen LogP contribution < -0.4 is 11.1 Å². The summed E-state index contributed by atoms with van der Waals surface area (Å²) in [5.74, 6) is -1.76. The number of carboxylic acids is 1. The molecule has 1 aliphatic carbocycles. The first-order valence-electron chi connectivity index (χ1n) is 13.1. The number of halogens is 3. The SMILES string of the molecule is NC(=O)c1ccccc1CN1CCC(CNC2CC2c2ccc(-c3cncnc3)cc2)CC1.O=C(O)C(F)(F)F. The van der Waals surface area contributed by atoms with Gasteiger partial charge < -0.3 is 16.2 Å². The zero-order valence-corrected chi connectivity index (χ0v) is 21.8. The quantitative estimate of drug-likeness (QED) is 0.380. The predicted octanol–water partition coefficient (Wildman–Crippen LogP) is 4.23. The summed E-state index contributed by atoms with van der Waals surface area (Å²) in [4.78, 5) is 31.2. The Balaban J connectivity index is 0.000000470. The molecule has 0 radical (unpaired) electrons. The molecule has 2 aromatic carbocycles. The Hall–Kier alpha value is -3.83. The standard InChI is InChI=1S/C27H31N5O.C2HF3O2/c28-27(33)24-4-2-1-3-22(24)17-32-11-9-19(10-12-32)14-31-26-13-25(26)21-7-5-20(6-8-21)23-15-29-18-30-16-23;3-2(4,5)1(6)7/h1-8,15-16,18-19,25-26,31H,9-14,17H2,(H2,28,33);(H,6,7). The van der Waals surface area contributed by atoms with E-state index >= 15 is 0 Å². The van der Waals surface area contributed by atoms with Crippen molar-refractivity contribution in [2.24, 2.45) is 11.7 Å². The molecule has 0 bridgehead atoms. The molecular formula is C29H32F3N5O3. The number of hydrogen-bond acceptors (Lipinski definition) is 6. The minimum Gasteiger partial charge on any atom is -0.475 e. The molecule has 1 aromatic heterocycles. The third-order valence-electron chi connectivity index (χ3n) is 7.32. The van der Waals surface area contributed by atoms with Crippen LogP contribution in [-0.2, 0) is 11.3 Å². The van der Waals surface area contributed by atoms with Gasteiger partial charge in [-0.05, 0) is 67.6 Å². The van der Waals surface area contributed by atoms with E-state index in [1.807, 2.05) is 36.7 Å². The number of carbonyl (C=O) groups excluding carboxylic acids is 1. The van der Waals surface area contributed by atoms with Crippen LogP contribution in [0.3, 0.4) is 0 Å². The lowest BCUT2D eigenvalue weighted by atomic mass is 9.96. The first-order valence-corrected chi connectivity index (χ1v) is 13.1. The Bertz CT molecular complexity index is 1280. The fraction of sp³-hybridized carbons (Fsp3) is 0.379. The molecule has 2 heterocycles. The van der Waals surface area contributed by atoms with Gasteiger partial charge in [0.2, 0.25) is 5.91 Å². The molecule has 3 aromatic rings. The topological polar surface area (TPSA) is 121 Å². The third kappa shape index (κ3) is 8.09. The highest BCUT2D eigenvalue weighted by atomic mass is 19.4. The number of likely N-dealkylation sites (tertiary alicyclic amines) is 1. The van der Waals surface area contributed by atoms with Gasteiger partial charge in [-0.25, -0.2) is 14.8 Å². The van der Waals surface area contributed by atoms with E-state index in [-0.39, 0.29) is 5.91 Å². The minimum atomic E-state index is -5.08. The van der Waals surface area contributed by atoms with Crippen LogP contribution in [0.2, 0.25) is 0 Å². The van der Waals surface area contributed by atoms with Crippen LogP contribution in [0.15, 0.2) is 67.3 Å². The Kier molecular flexibility index (Phi) is 9.49. The molecule has 8 nitrogen and oxygen atoms in total. The lowest BCUT2D eigenvalue weighted by Gasteiger charge is -2.32. The molecule has 1 amide bonds. The molecule has 1 saturated carbocycles. The Morgan fingerprint density at radius 2 is 1.62 bits per heavy atom. The summed E-state index contributed by atoms with van der Waals surface area (Å²) in [5, 5.41) is 10.9. The number of amides is 1. The number of piperidine rings is 1. The van der Waals surface area contributed by atoms with Gasteiger partial charge in [0, 0.05) is 42.0 Å². The van der Waals surface area contributed by atoms with Crippen molar-refractivity contribution < 1.29 is 27.9 Å². The summed E-state index contributed by atoms with van der Waals surface area (Å²) in [7, 11) is 0. The maximum atomic E-state index is 11.7. The van der Waals surface area contributed by atoms with Crippen LogP contribution in [0.1, 0.15) is 46.7 Å². The van der Waals surface area contributed by atoms with Crippen molar-refractivity contribution in [2.45, 2.75) is 43.9 Å². The van der Waals surface area contributed by atoms with Gasteiger partial charge in [-0.2, -0.15) is 13.2 Å². The van der Waals surface area contributed by atoms with Crippen LogP contribution in [0.4, 0.5) is 13.2 Å². The van der Waals surface area contributed by atoms with Crippen LogP contribution in [-0.4, -0.2) is 63.7 Å². The maximum absolute atomic E-state index is 11.7. The lowest BCUT2D eigenvalue weighted by Crippen LogP contribution is -2.37. The average Bonchev–Trinajstić information content (AvgIpc) is 3.73. The first-order chi connectivity index (χ1) is 19.1. The number of benzene rings is 2. The van der Waals surface area contributed by atoms with Crippen molar-refractivity contribution in [1.82, 2.24) is 20.2 Å². The molecule has 40 heavy (non-hydrogen) atoms. The molecule has 1 aliphatic heterocycles. The predicted molar refractivity (Wildman–Crippen MR) is 143 cm³/mol. The summed E-state index contributed by atoms with van der Waals surface area (Å²) < 4.78 is 31.7. The highest BCUT2D eigenvalue weighted by Gasteiger charge is 2.39. The number of nitrogens with one attached hydrogen (secondary N) is 1. The molecule has 1 saturated heterocycles. The Morgan fingerprint density at radius 3 is 2.23 bits per heavy atom. The van der Waals surface area contributed by atoms with E-state index in [4.69, 9.17) is 15.6 Å². The number of alkyl halides is 3. The van der Waals surface area contributed by atoms with Crippen LogP contribution >= 0.6 is 0 Å². The number of carboxylic acid groups (broad SMARTS) is 1. The molecule has 11 heteroatoms. The zero-order valence-electron chi connectivity index (χ0n) is 21.8. The molecular weight excluding hydrogens is 523 g/mol. The lowest BCUT2D eigenvalue weighted by molar-refractivity contribution is -0.192.